The van der Waals surface area contributed by atoms with Crippen LogP contribution in [0, 0.1) is 11.3 Å². The van der Waals surface area contributed by atoms with Gasteiger partial charge >= 0.3 is 0 Å². The van der Waals surface area contributed by atoms with Gasteiger partial charge < -0.3 is 0 Å². The second kappa shape index (κ2) is 3.88. The Morgan fingerprint density at radius 1 is 1.15 bits per heavy atom. The molecule has 0 fully saturated rings. The number of hydrogen-bond acceptors (Lipinski definition) is 2. The number of hydrogen-bond donors (Lipinski definition) is 0. The van der Waals surface area contributed by atoms with Crippen LogP contribution >= 0.6 is 12.4 Å². The average molecular weight is 191 g/mol. The smallest absolute Gasteiger partial charge is 0.101 e. The van der Waals surface area contributed by atoms with E-state index in [2.05, 4.69) is 11.1 Å². The van der Waals surface area contributed by atoms with Crippen molar-refractivity contribution in [3.05, 3.63) is 42.2 Å². The lowest BCUT2D eigenvalue weighted by molar-refractivity contribution is 1.34. The third-order valence-electron chi connectivity index (χ3n) is 1.79. The number of halogens is 1. The van der Waals surface area contributed by atoms with Gasteiger partial charge in [0.25, 0.3) is 0 Å². The van der Waals surface area contributed by atoms with E-state index in [4.69, 9.17) is 5.26 Å². The van der Waals surface area contributed by atoms with Crippen LogP contribution in [0.2, 0.25) is 0 Å². The van der Waals surface area contributed by atoms with E-state index < -0.39 is 0 Å². The molecular formula is C10H7ClN2. The second-order valence-corrected chi connectivity index (χ2v) is 2.52. The SMILES string of the molecule is Cl.N#Cc1cncc2ccccc12. The average Bonchev–Trinajstić information content (AvgIpc) is 2.17. The molecule has 0 atom stereocenters. The molecule has 0 N–H and O–H groups in total. The Kier molecular flexibility index (Phi) is 2.84. The number of rotatable bonds is 0. The fourth-order valence-electron chi connectivity index (χ4n) is 1.21. The molecule has 0 aliphatic rings. The van der Waals surface area contributed by atoms with Crippen LogP contribution in [0.3, 0.4) is 0 Å². The highest BCUT2D eigenvalue weighted by atomic mass is 35.5. The topological polar surface area (TPSA) is 36.7 Å². The van der Waals surface area contributed by atoms with E-state index in [1.165, 1.54) is 0 Å². The van der Waals surface area contributed by atoms with Crippen LogP contribution < -0.4 is 0 Å². The lowest BCUT2D eigenvalue weighted by Gasteiger charge is -1.96. The molecule has 1 heterocycles. The zero-order valence-electron chi connectivity index (χ0n) is 6.77. The molecule has 1 aromatic heterocycles. The molecule has 0 bridgehead atoms. The summed E-state index contributed by atoms with van der Waals surface area (Å²) in [6.45, 7) is 0. The first-order chi connectivity index (χ1) is 5.92. The maximum Gasteiger partial charge on any atom is 0.101 e. The number of pyridine rings is 1. The maximum absolute atomic E-state index is 8.75. The highest BCUT2D eigenvalue weighted by Gasteiger charge is 1.97. The minimum atomic E-state index is 0. The Bertz CT molecular complexity index is 454. The highest BCUT2D eigenvalue weighted by molar-refractivity contribution is 5.86. The van der Waals surface area contributed by atoms with Gasteiger partial charge in [-0.2, -0.15) is 5.26 Å². The van der Waals surface area contributed by atoms with Crippen LogP contribution in [0.5, 0.6) is 0 Å². The van der Waals surface area contributed by atoms with Crippen LogP contribution in [0.15, 0.2) is 36.7 Å². The zero-order chi connectivity index (χ0) is 8.39. The molecule has 0 saturated heterocycles. The summed E-state index contributed by atoms with van der Waals surface area (Å²) in [5.74, 6) is 0. The van der Waals surface area contributed by atoms with Crippen molar-refractivity contribution in [1.82, 2.24) is 4.98 Å². The van der Waals surface area contributed by atoms with Crippen LogP contribution in [0.1, 0.15) is 5.56 Å². The number of nitrogens with zero attached hydrogens (tertiary/aromatic N) is 2. The van der Waals surface area contributed by atoms with E-state index in [1.807, 2.05) is 24.3 Å². The quantitative estimate of drug-likeness (QED) is 0.640. The van der Waals surface area contributed by atoms with E-state index in [-0.39, 0.29) is 12.4 Å². The normalized spacial score (nSPS) is 8.85. The Morgan fingerprint density at radius 2 is 1.92 bits per heavy atom. The maximum atomic E-state index is 8.75. The van der Waals surface area contributed by atoms with Gasteiger partial charge in [0.1, 0.15) is 6.07 Å². The number of benzene rings is 1. The molecule has 0 radical (unpaired) electrons. The van der Waals surface area contributed by atoms with E-state index >= 15 is 0 Å². The van der Waals surface area contributed by atoms with Gasteiger partial charge in [-0.05, 0) is 0 Å². The Labute approximate surface area is 82.2 Å². The zero-order valence-corrected chi connectivity index (χ0v) is 7.58. The van der Waals surface area contributed by atoms with Gasteiger partial charge in [0, 0.05) is 23.2 Å². The molecule has 0 saturated carbocycles. The molecule has 0 unspecified atom stereocenters. The van der Waals surface area contributed by atoms with Crippen molar-refractivity contribution >= 4 is 23.2 Å². The summed E-state index contributed by atoms with van der Waals surface area (Å²) in [6.07, 6.45) is 3.35. The molecule has 64 valence electrons. The fraction of sp³-hybridized carbons (Fsp3) is 0. The van der Waals surface area contributed by atoms with Crippen molar-refractivity contribution in [1.29, 1.82) is 5.26 Å². The second-order valence-electron chi connectivity index (χ2n) is 2.52. The predicted molar refractivity (Wildman–Crippen MR) is 53.7 cm³/mol. The van der Waals surface area contributed by atoms with Crippen molar-refractivity contribution in [2.45, 2.75) is 0 Å². The molecule has 0 spiro atoms. The Balaban J connectivity index is 0.000000845. The van der Waals surface area contributed by atoms with Gasteiger partial charge in [-0.3, -0.25) is 4.98 Å². The van der Waals surface area contributed by atoms with Crippen LogP contribution in [0.4, 0.5) is 0 Å². The van der Waals surface area contributed by atoms with Gasteiger partial charge in [-0.25, -0.2) is 0 Å². The van der Waals surface area contributed by atoms with Gasteiger partial charge in [0.15, 0.2) is 0 Å². The lowest BCUT2D eigenvalue weighted by atomic mass is 10.1. The first kappa shape index (κ1) is 9.50. The third-order valence-corrected chi connectivity index (χ3v) is 1.79. The van der Waals surface area contributed by atoms with Crippen LogP contribution in [0.25, 0.3) is 10.8 Å². The molecule has 2 nitrogen and oxygen atoms in total. The molecule has 13 heavy (non-hydrogen) atoms. The summed E-state index contributed by atoms with van der Waals surface area (Å²) in [4.78, 5) is 3.96. The van der Waals surface area contributed by atoms with Gasteiger partial charge in [-0.15, -0.1) is 12.4 Å². The molecule has 3 heteroatoms. The minimum Gasteiger partial charge on any atom is -0.263 e. The highest BCUT2D eigenvalue weighted by Crippen LogP contribution is 2.15. The van der Waals surface area contributed by atoms with E-state index in [0.717, 1.165) is 10.8 Å². The number of aromatic nitrogens is 1. The molecule has 2 rings (SSSR count). The predicted octanol–water partition coefficient (Wildman–Crippen LogP) is 2.53. The Morgan fingerprint density at radius 3 is 2.69 bits per heavy atom. The summed E-state index contributed by atoms with van der Waals surface area (Å²) in [7, 11) is 0. The first-order valence-corrected chi connectivity index (χ1v) is 3.64. The van der Waals surface area contributed by atoms with Crippen molar-refractivity contribution < 1.29 is 0 Å². The standard InChI is InChI=1S/C10H6N2.ClH/c11-5-9-7-12-6-8-3-1-2-4-10(8)9;/h1-4,6-7H;1H. The van der Waals surface area contributed by atoms with E-state index in [9.17, 15) is 0 Å². The first-order valence-electron chi connectivity index (χ1n) is 3.64. The van der Waals surface area contributed by atoms with Gasteiger partial charge in [0.2, 0.25) is 0 Å². The molecule has 2 aromatic rings. The number of fused-ring (bicyclic) bond motifs is 1. The van der Waals surface area contributed by atoms with Crippen LogP contribution in [-0.2, 0) is 0 Å². The molecular weight excluding hydrogens is 184 g/mol. The largest absolute Gasteiger partial charge is 0.263 e. The summed E-state index contributed by atoms with van der Waals surface area (Å²) in [5, 5.41) is 10.7. The van der Waals surface area contributed by atoms with Crippen molar-refractivity contribution in [2.24, 2.45) is 0 Å². The van der Waals surface area contributed by atoms with Gasteiger partial charge in [-0.1, -0.05) is 24.3 Å². The summed E-state index contributed by atoms with van der Waals surface area (Å²) in [6, 6.07) is 9.84. The van der Waals surface area contributed by atoms with E-state index in [0.29, 0.717) is 5.56 Å². The van der Waals surface area contributed by atoms with Gasteiger partial charge in [0.05, 0.1) is 5.56 Å². The summed E-state index contributed by atoms with van der Waals surface area (Å²) in [5.41, 5.74) is 0.633. The molecule has 1 aromatic carbocycles. The third kappa shape index (κ3) is 1.61. The monoisotopic (exact) mass is 190 g/mol. The summed E-state index contributed by atoms with van der Waals surface area (Å²) < 4.78 is 0. The fourth-order valence-corrected chi connectivity index (χ4v) is 1.21. The molecule has 0 aliphatic heterocycles. The Hall–Kier alpha value is -1.59. The number of nitriles is 1. The molecule has 0 aliphatic carbocycles. The lowest BCUT2D eigenvalue weighted by Crippen LogP contribution is -1.80. The van der Waals surface area contributed by atoms with Crippen molar-refractivity contribution in [2.75, 3.05) is 0 Å². The minimum absolute atomic E-state index is 0. The van der Waals surface area contributed by atoms with Crippen molar-refractivity contribution in [3.63, 3.8) is 0 Å². The summed E-state index contributed by atoms with van der Waals surface area (Å²) >= 11 is 0. The van der Waals surface area contributed by atoms with Crippen LogP contribution in [-0.4, -0.2) is 4.98 Å². The molecule has 0 amide bonds. The van der Waals surface area contributed by atoms with Crippen molar-refractivity contribution in [3.8, 4) is 6.07 Å². The van der Waals surface area contributed by atoms with E-state index in [1.54, 1.807) is 12.4 Å².